The fourth-order valence-corrected chi connectivity index (χ4v) is 2.11. The number of aromatic nitrogens is 2. The van der Waals surface area contributed by atoms with Crippen LogP contribution >= 0.6 is 0 Å². The molecular weight excluding hydrogens is 236 g/mol. The third-order valence-corrected chi connectivity index (χ3v) is 3.08. The molecule has 0 radical (unpaired) electrons. The van der Waals surface area contributed by atoms with Crippen LogP contribution < -0.4 is 11.1 Å². The standard InChI is InChI=1S/C15H20N4/c1-3-18-15(14-6-4-5-11(2)19-14)9-12-10-17-8-7-13(12)16/h4-8,10,15,18H,3,9H2,1-2H3,(H2,16,17). The number of hydrogen-bond acceptors (Lipinski definition) is 4. The van der Waals surface area contributed by atoms with Crippen LogP contribution in [0.15, 0.2) is 36.7 Å². The number of nitrogens with two attached hydrogens (primary N) is 1. The minimum Gasteiger partial charge on any atom is -0.398 e. The Kier molecular flexibility index (Phi) is 4.47. The summed E-state index contributed by atoms with van der Waals surface area (Å²) >= 11 is 0. The van der Waals surface area contributed by atoms with Crippen molar-refractivity contribution in [2.75, 3.05) is 12.3 Å². The molecule has 4 heteroatoms. The predicted molar refractivity (Wildman–Crippen MR) is 77.7 cm³/mol. The zero-order valence-corrected chi connectivity index (χ0v) is 11.4. The molecule has 0 saturated carbocycles. The minimum atomic E-state index is 0.163. The third-order valence-electron chi connectivity index (χ3n) is 3.08. The third kappa shape index (κ3) is 3.51. The second-order valence-electron chi connectivity index (χ2n) is 4.59. The van der Waals surface area contributed by atoms with E-state index in [-0.39, 0.29) is 6.04 Å². The zero-order valence-electron chi connectivity index (χ0n) is 11.4. The van der Waals surface area contributed by atoms with Gasteiger partial charge in [0, 0.05) is 23.8 Å². The lowest BCUT2D eigenvalue weighted by molar-refractivity contribution is 0.535. The highest BCUT2D eigenvalue weighted by molar-refractivity contribution is 5.45. The van der Waals surface area contributed by atoms with Crippen molar-refractivity contribution in [1.29, 1.82) is 0 Å². The van der Waals surface area contributed by atoms with Crippen LogP contribution in [0.4, 0.5) is 5.69 Å². The van der Waals surface area contributed by atoms with Crippen LogP contribution in [-0.2, 0) is 6.42 Å². The molecule has 0 aliphatic carbocycles. The summed E-state index contributed by atoms with van der Waals surface area (Å²) in [6, 6.07) is 8.09. The van der Waals surface area contributed by atoms with Gasteiger partial charge in [0.1, 0.15) is 0 Å². The summed E-state index contributed by atoms with van der Waals surface area (Å²) in [5.74, 6) is 0. The summed E-state index contributed by atoms with van der Waals surface area (Å²) in [6.45, 7) is 4.99. The van der Waals surface area contributed by atoms with Gasteiger partial charge >= 0.3 is 0 Å². The Morgan fingerprint density at radius 3 is 2.84 bits per heavy atom. The lowest BCUT2D eigenvalue weighted by Gasteiger charge is -2.18. The van der Waals surface area contributed by atoms with Gasteiger partial charge in [-0.05, 0) is 43.7 Å². The summed E-state index contributed by atoms with van der Waals surface area (Å²) < 4.78 is 0. The molecule has 2 aromatic heterocycles. The second-order valence-corrected chi connectivity index (χ2v) is 4.59. The van der Waals surface area contributed by atoms with Crippen molar-refractivity contribution in [3.63, 3.8) is 0 Å². The van der Waals surface area contributed by atoms with Crippen molar-refractivity contribution < 1.29 is 0 Å². The molecule has 4 nitrogen and oxygen atoms in total. The van der Waals surface area contributed by atoms with Crippen LogP contribution in [-0.4, -0.2) is 16.5 Å². The van der Waals surface area contributed by atoms with E-state index in [1.165, 1.54) is 0 Å². The first-order valence-electron chi connectivity index (χ1n) is 6.56. The van der Waals surface area contributed by atoms with Crippen LogP contribution in [0.2, 0.25) is 0 Å². The lowest BCUT2D eigenvalue weighted by Crippen LogP contribution is -2.24. The van der Waals surface area contributed by atoms with Gasteiger partial charge < -0.3 is 11.1 Å². The molecule has 0 fully saturated rings. The summed E-state index contributed by atoms with van der Waals surface area (Å²) in [7, 11) is 0. The number of aryl methyl sites for hydroxylation is 1. The van der Waals surface area contributed by atoms with Gasteiger partial charge in [-0.1, -0.05) is 13.0 Å². The molecule has 2 aromatic rings. The Morgan fingerprint density at radius 1 is 1.32 bits per heavy atom. The fourth-order valence-electron chi connectivity index (χ4n) is 2.11. The number of anilines is 1. The van der Waals surface area contributed by atoms with E-state index in [9.17, 15) is 0 Å². The van der Waals surface area contributed by atoms with Crippen molar-refractivity contribution in [3.05, 3.63) is 53.6 Å². The zero-order chi connectivity index (χ0) is 13.7. The molecule has 1 atom stereocenters. The van der Waals surface area contributed by atoms with Crippen LogP contribution in [0.5, 0.6) is 0 Å². The van der Waals surface area contributed by atoms with E-state index in [1.54, 1.807) is 6.20 Å². The number of rotatable bonds is 5. The van der Waals surface area contributed by atoms with Gasteiger partial charge in [0.2, 0.25) is 0 Å². The van der Waals surface area contributed by atoms with Gasteiger partial charge in [-0.3, -0.25) is 9.97 Å². The minimum absolute atomic E-state index is 0.163. The van der Waals surface area contributed by atoms with Crippen LogP contribution in [0.3, 0.4) is 0 Å². The van der Waals surface area contributed by atoms with Gasteiger partial charge in [-0.15, -0.1) is 0 Å². The second kappa shape index (κ2) is 6.29. The van der Waals surface area contributed by atoms with Crippen molar-refractivity contribution >= 4 is 5.69 Å². The number of nitrogen functional groups attached to an aromatic ring is 1. The Morgan fingerprint density at radius 2 is 2.16 bits per heavy atom. The molecule has 0 aliphatic heterocycles. The molecule has 3 N–H and O–H groups in total. The van der Waals surface area contributed by atoms with Crippen LogP contribution in [0.25, 0.3) is 0 Å². The maximum atomic E-state index is 5.98. The highest BCUT2D eigenvalue weighted by Gasteiger charge is 2.14. The summed E-state index contributed by atoms with van der Waals surface area (Å²) in [6.07, 6.45) is 4.34. The molecule has 2 heterocycles. The van der Waals surface area contributed by atoms with E-state index >= 15 is 0 Å². The number of hydrogen-bond donors (Lipinski definition) is 2. The molecule has 1 unspecified atom stereocenters. The fraction of sp³-hybridized carbons (Fsp3) is 0.333. The predicted octanol–water partition coefficient (Wildman–Crippen LogP) is 2.26. The molecule has 0 bridgehead atoms. The Bertz CT molecular complexity index is 539. The monoisotopic (exact) mass is 256 g/mol. The number of nitrogens with one attached hydrogen (secondary N) is 1. The highest BCUT2D eigenvalue weighted by Crippen LogP contribution is 2.20. The maximum Gasteiger partial charge on any atom is 0.0579 e. The summed E-state index contributed by atoms with van der Waals surface area (Å²) in [5, 5.41) is 3.46. The first-order chi connectivity index (χ1) is 9.20. The largest absolute Gasteiger partial charge is 0.398 e. The maximum absolute atomic E-state index is 5.98. The van der Waals surface area contributed by atoms with Gasteiger partial charge in [-0.25, -0.2) is 0 Å². The van der Waals surface area contributed by atoms with Crippen molar-refractivity contribution in [1.82, 2.24) is 15.3 Å². The smallest absolute Gasteiger partial charge is 0.0579 e. The molecule has 0 saturated heterocycles. The first kappa shape index (κ1) is 13.5. The molecule has 100 valence electrons. The molecule has 0 amide bonds. The number of nitrogens with zero attached hydrogens (tertiary/aromatic N) is 2. The molecule has 0 aliphatic rings. The average Bonchev–Trinajstić information content (AvgIpc) is 2.40. The van der Waals surface area contributed by atoms with Gasteiger partial charge in [0.05, 0.1) is 11.7 Å². The molecule has 0 spiro atoms. The molecule has 0 aromatic carbocycles. The number of likely N-dealkylation sites (N-methyl/N-ethyl adjacent to an activating group) is 1. The quantitative estimate of drug-likeness (QED) is 0.861. The normalized spacial score (nSPS) is 12.3. The van der Waals surface area contributed by atoms with E-state index < -0.39 is 0 Å². The lowest BCUT2D eigenvalue weighted by atomic mass is 10.0. The van der Waals surface area contributed by atoms with Gasteiger partial charge in [0.15, 0.2) is 0 Å². The van der Waals surface area contributed by atoms with Crippen molar-refractivity contribution in [2.45, 2.75) is 26.3 Å². The molecular formula is C15H20N4. The summed E-state index contributed by atoms with van der Waals surface area (Å²) in [5.41, 5.74) is 9.89. The van der Waals surface area contributed by atoms with E-state index in [0.717, 1.165) is 35.6 Å². The Balaban J connectivity index is 2.24. The van der Waals surface area contributed by atoms with E-state index in [0.29, 0.717) is 0 Å². The van der Waals surface area contributed by atoms with Crippen LogP contribution in [0.1, 0.15) is 29.9 Å². The topological polar surface area (TPSA) is 63.8 Å². The van der Waals surface area contributed by atoms with E-state index in [1.807, 2.05) is 37.4 Å². The van der Waals surface area contributed by atoms with Gasteiger partial charge in [0.25, 0.3) is 0 Å². The van der Waals surface area contributed by atoms with E-state index in [2.05, 4.69) is 22.2 Å². The van der Waals surface area contributed by atoms with E-state index in [4.69, 9.17) is 5.73 Å². The van der Waals surface area contributed by atoms with Gasteiger partial charge in [-0.2, -0.15) is 0 Å². The average molecular weight is 256 g/mol. The summed E-state index contributed by atoms with van der Waals surface area (Å²) in [4.78, 5) is 8.74. The first-order valence-corrected chi connectivity index (χ1v) is 6.56. The van der Waals surface area contributed by atoms with Crippen molar-refractivity contribution in [3.8, 4) is 0 Å². The Labute approximate surface area is 114 Å². The number of pyridine rings is 2. The van der Waals surface area contributed by atoms with Crippen molar-refractivity contribution in [2.24, 2.45) is 0 Å². The Hall–Kier alpha value is -1.94. The molecule has 19 heavy (non-hydrogen) atoms. The van der Waals surface area contributed by atoms with Crippen LogP contribution in [0, 0.1) is 6.92 Å². The molecule has 2 rings (SSSR count). The highest BCUT2D eigenvalue weighted by atomic mass is 14.9. The SMILES string of the molecule is CCNC(Cc1cnccc1N)c1cccc(C)n1.